The Hall–Kier alpha value is -1.76. The van der Waals surface area contributed by atoms with E-state index in [4.69, 9.17) is 17.1 Å². The molecule has 0 spiro atoms. The van der Waals surface area contributed by atoms with Crippen LogP contribution >= 0.6 is 11.6 Å². The molecule has 1 aromatic heterocycles. The van der Waals surface area contributed by atoms with Crippen LogP contribution in [0.5, 0.6) is 0 Å². The number of hydrogen-bond donors (Lipinski definition) is 0. The molecule has 0 bridgehead atoms. The molecule has 14 heavy (non-hydrogen) atoms. The minimum Gasteiger partial charge on any atom is -0.241 e. The summed E-state index contributed by atoms with van der Waals surface area (Å²) >= 11 is 5.53. The lowest BCUT2D eigenvalue weighted by atomic mass is 10.2. The van der Waals surface area contributed by atoms with Crippen molar-refractivity contribution in [3.05, 3.63) is 39.2 Å². The molecular formula is C8H4ClFN4. The molecule has 6 heteroatoms. The summed E-state index contributed by atoms with van der Waals surface area (Å²) in [5.74, 6) is 4.40. The van der Waals surface area contributed by atoms with Crippen molar-refractivity contribution in [1.82, 2.24) is 4.98 Å². The van der Waals surface area contributed by atoms with Crippen molar-refractivity contribution in [2.45, 2.75) is 0 Å². The van der Waals surface area contributed by atoms with Gasteiger partial charge in [-0.1, -0.05) is 28.6 Å². The zero-order valence-corrected chi connectivity index (χ0v) is 7.66. The highest BCUT2D eigenvalue weighted by molar-refractivity contribution is 6.29. The summed E-state index contributed by atoms with van der Waals surface area (Å²) in [6.45, 7) is -0.00409. The van der Waals surface area contributed by atoms with Crippen LogP contribution in [-0.4, -0.2) is 11.5 Å². The molecule has 0 aromatic carbocycles. The van der Waals surface area contributed by atoms with E-state index >= 15 is 0 Å². The highest BCUT2D eigenvalue weighted by Crippen LogP contribution is 2.09. The fraction of sp³-hybridized carbons (Fsp3) is 0.125. The topological polar surface area (TPSA) is 61.7 Å². The van der Waals surface area contributed by atoms with Crippen LogP contribution in [0.4, 0.5) is 4.39 Å². The summed E-state index contributed by atoms with van der Waals surface area (Å²) in [5.41, 5.74) is 8.08. The predicted molar refractivity (Wildman–Crippen MR) is 50.1 cm³/mol. The first-order valence-corrected chi connectivity index (χ1v) is 3.92. The summed E-state index contributed by atoms with van der Waals surface area (Å²) in [5, 5.41) is 3.34. The molecule has 0 saturated carbocycles. The van der Waals surface area contributed by atoms with Gasteiger partial charge in [-0.2, -0.15) is 0 Å². The maximum Gasteiger partial charge on any atom is 0.157 e. The quantitative estimate of drug-likeness (QED) is 0.231. The third-order valence-corrected chi connectivity index (χ3v) is 1.46. The molecule has 4 nitrogen and oxygen atoms in total. The molecule has 1 heterocycles. The largest absolute Gasteiger partial charge is 0.241 e. The standard InChI is InChI=1S/C8H4ClFN4/c9-8-4-6(7(10)5-12-8)2-1-3-13-14-11/h4-5H,3H2. The molecular weight excluding hydrogens is 207 g/mol. The highest BCUT2D eigenvalue weighted by Gasteiger charge is 1.99. The van der Waals surface area contributed by atoms with Crippen molar-refractivity contribution in [1.29, 1.82) is 0 Å². The lowest BCUT2D eigenvalue weighted by Gasteiger charge is -1.93. The third kappa shape index (κ3) is 2.94. The van der Waals surface area contributed by atoms with Gasteiger partial charge in [-0.05, 0) is 11.6 Å². The Morgan fingerprint density at radius 1 is 1.71 bits per heavy atom. The monoisotopic (exact) mass is 210 g/mol. The molecule has 1 aromatic rings. The van der Waals surface area contributed by atoms with Gasteiger partial charge >= 0.3 is 0 Å². The lowest BCUT2D eigenvalue weighted by molar-refractivity contribution is 0.618. The predicted octanol–water partition coefficient (Wildman–Crippen LogP) is 2.54. The van der Waals surface area contributed by atoms with Gasteiger partial charge in [0.1, 0.15) is 5.15 Å². The van der Waals surface area contributed by atoms with E-state index in [1.165, 1.54) is 6.07 Å². The molecule has 0 aliphatic rings. The Morgan fingerprint density at radius 3 is 3.21 bits per heavy atom. The molecule has 0 saturated heterocycles. The fourth-order valence-electron chi connectivity index (χ4n) is 0.711. The number of halogens is 2. The Kier molecular flexibility index (Phi) is 3.74. The van der Waals surface area contributed by atoms with Crippen LogP contribution in [0.3, 0.4) is 0 Å². The molecule has 0 aliphatic heterocycles. The minimum absolute atomic E-state index is 0.00409. The normalized spacial score (nSPS) is 8.43. The molecule has 0 aliphatic carbocycles. The first-order valence-electron chi connectivity index (χ1n) is 3.55. The Labute approximate surface area is 84.3 Å². The van der Waals surface area contributed by atoms with Gasteiger partial charge < -0.3 is 0 Å². The summed E-state index contributed by atoms with van der Waals surface area (Å²) in [6, 6.07) is 1.31. The van der Waals surface area contributed by atoms with Gasteiger partial charge in [-0.3, -0.25) is 0 Å². The smallest absolute Gasteiger partial charge is 0.157 e. The van der Waals surface area contributed by atoms with E-state index in [1.807, 2.05) is 0 Å². The average molecular weight is 211 g/mol. The second-order valence-electron chi connectivity index (χ2n) is 2.18. The zero-order chi connectivity index (χ0) is 10.4. The number of azide groups is 1. The van der Waals surface area contributed by atoms with Gasteiger partial charge in [0.15, 0.2) is 5.82 Å². The van der Waals surface area contributed by atoms with Crippen LogP contribution in [0.25, 0.3) is 10.4 Å². The molecule has 0 radical (unpaired) electrons. The van der Waals surface area contributed by atoms with Gasteiger partial charge in [0.2, 0.25) is 0 Å². The van der Waals surface area contributed by atoms with E-state index in [2.05, 4.69) is 26.9 Å². The van der Waals surface area contributed by atoms with E-state index in [1.54, 1.807) is 0 Å². The third-order valence-electron chi connectivity index (χ3n) is 1.26. The molecule has 0 atom stereocenters. The fourth-order valence-corrected chi connectivity index (χ4v) is 0.869. The average Bonchev–Trinajstić information content (AvgIpc) is 2.18. The molecule has 0 amide bonds. The van der Waals surface area contributed by atoms with Crippen molar-refractivity contribution in [3.63, 3.8) is 0 Å². The second-order valence-corrected chi connectivity index (χ2v) is 2.56. The van der Waals surface area contributed by atoms with Crippen LogP contribution in [-0.2, 0) is 0 Å². The van der Waals surface area contributed by atoms with E-state index in [0.717, 1.165) is 6.20 Å². The van der Waals surface area contributed by atoms with Gasteiger partial charge in [0.25, 0.3) is 0 Å². The van der Waals surface area contributed by atoms with Crippen LogP contribution in [0.1, 0.15) is 5.56 Å². The summed E-state index contributed by atoms with van der Waals surface area (Å²) in [6.07, 6.45) is 0.986. The van der Waals surface area contributed by atoms with Crippen LogP contribution in [0, 0.1) is 17.7 Å². The Balaban J connectivity index is 2.88. The minimum atomic E-state index is -0.553. The van der Waals surface area contributed by atoms with Crippen molar-refractivity contribution in [2.75, 3.05) is 6.54 Å². The van der Waals surface area contributed by atoms with E-state index in [0.29, 0.717) is 0 Å². The van der Waals surface area contributed by atoms with Gasteiger partial charge in [-0.15, -0.1) is 0 Å². The zero-order valence-electron chi connectivity index (χ0n) is 6.91. The maximum absolute atomic E-state index is 13.0. The molecule has 0 N–H and O–H groups in total. The summed E-state index contributed by atoms with van der Waals surface area (Å²) < 4.78 is 13.0. The Morgan fingerprint density at radius 2 is 2.50 bits per heavy atom. The van der Waals surface area contributed by atoms with E-state index in [-0.39, 0.29) is 17.3 Å². The number of rotatable bonds is 1. The lowest BCUT2D eigenvalue weighted by Crippen LogP contribution is -1.86. The molecule has 0 unspecified atom stereocenters. The number of nitrogens with zero attached hydrogens (tertiary/aromatic N) is 4. The van der Waals surface area contributed by atoms with Gasteiger partial charge in [-0.25, -0.2) is 9.37 Å². The first kappa shape index (κ1) is 10.3. The number of hydrogen-bond acceptors (Lipinski definition) is 2. The maximum atomic E-state index is 13.0. The first-order chi connectivity index (χ1) is 6.74. The van der Waals surface area contributed by atoms with Crippen molar-refractivity contribution < 1.29 is 4.39 Å². The highest BCUT2D eigenvalue weighted by atomic mass is 35.5. The van der Waals surface area contributed by atoms with Crippen LogP contribution < -0.4 is 0 Å². The van der Waals surface area contributed by atoms with Crippen molar-refractivity contribution in [2.24, 2.45) is 5.11 Å². The molecule has 1 rings (SSSR count). The molecule has 0 fully saturated rings. The van der Waals surface area contributed by atoms with Gasteiger partial charge in [0, 0.05) is 4.91 Å². The SMILES string of the molecule is [N-]=[N+]=NCC#Cc1cc(Cl)ncc1F. The van der Waals surface area contributed by atoms with Crippen molar-refractivity contribution >= 4 is 11.6 Å². The van der Waals surface area contributed by atoms with Crippen LogP contribution in [0.15, 0.2) is 17.4 Å². The second kappa shape index (κ2) is 5.07. The summed E-state index contributed by atoms with van der Waals surface area (Å²) in [7, 11) is 0. The Bertz CT molecular complexity index is 442. The van der Waals surface area contributed by atoms with Crippen molar-refractivity contribution in [3.8, 4) is 11.8 Å². The van der Waals surface area contributed by atoms with Crippen LogP contribution in [0.2, 0.25) is 5.15 Å². The van der Waals surface area contributed by atoms with E-state index in [9.17, 15) is 4.39 Å². The molecule has 70 valence electrons. The number of aromatic nitrogens is 1. The number of pyridine rings is 1. The van der Waals surface area contributed by atoms with Gasteiger partial charge in [0.05, 0.1) is 18.3 Å². The van der Waals surface area contributed by atoms with E-state index < -0.39 is 5.82 Å². The summed E-state index contributed by atoms with van der Waals surface area (Å²) in [4.78, 5) is 6.02.